The summed E-state index contributed by atoms with van der Waals surface area (Å²) < 4.78 is 11.1. The van der Waals surface area contributed by atoms with E-state index in [1.54, 1.807) is 30.2 Å². The third kappa shape index (κ3) is 6.20. The van der Waals surface area contributed by atoms with Crippen LogP contribution >= 0.6 is 0 Å². The zero-order valence-corrected chi connectivity index (χ0v) is 19.4. The smallest absolute Gasteiger partial charge is 0.311 e. The highest BCUT2D eigenvalue weighted by atomic mass is 16.5. The van der Waals surface area contributed by atoms with Crippen LogP contribution in [0.2, 0.25) is 0 Å². The Hall–Kier alpha value is -2.12. The van der Waals surface area contributed by atoms with Gasteiger partial charge in [0, 0.05) is 32.7 Å². The number of rotatable bonds is 6. The molecule has 2 aliphatic rings. The molecule has 1 aliphatic carbocycles. The largest absolute Gasteiger partial charge is 0.422 e. The summed E-state index contributed by atoms with van der Waals surface area (Å²) >= 11 is 0. The predicted octanol–water partition coefficient (Wildman–Crippen LogP) is 3.61. The molecule has 1 amide bonds. The van der Waals surface area contributed by atoms with Crippen molar-refractivity contribution in [2.24, 2.45) is 5.41 Å². The molecule has 1 aromatic rings. The maximum atomic E-state index is 13.1. The predicted molar refractivity (Wildman–Crippen MR) is 122 cm³/mol. The molecule has 1 saturated heterocycles. The van der Waals surface area contributed by atoms with E-state index in [4.69, 9.17) is 15.2 Å². The second-order valence-corrected chi connectivity index (χ2v) is 9.91. The van der Waals surface area contributed by atoms with Gasteiger partial charge in [0.2, 0.25) is 5.91 Å². The summed E-state index contributed by atoms with van der Waals surface area (Å²) in [6, 6.07) is 5.72. The van der Waals surface area contributed by atoms with Gasteiger partial charge in [-0.1, -0.05) is 26.8 Å². The molecule has 31 heavy (non-hydrogen) atoms. The van der Waals surface area contributed by atoms with E-state index in [-0.39, 0.29) is 17.3 Å². The van der Waals surface area contributed by atoms with Crippen LogP contribution in [0.1, 0.15) is 59.3 Å². The van der Waals surface area contributed by atoms with E-state index in [0.717, 1.165) is 38.6 Å². The van der Waals surface area contributed by atoms with Crippen LogP contribution in [0.25, 0.3) is 0 Å². The first-order valence-corrected chi connectivity index (χ1v) is 11.3. The minimum Gasteiger partial charge on any atom is -0.422 e. The number of anilines is 2. The van der Waals surface area contributed by atoms with E-state index in [2.05, 4.69) is 25.7 Å². The standard InChI is InChI=1S/C24H37N3O4/c1-24(2,3)13-12-22(29)31-23-19(25)6-5-7-20(23)27-15-14-26(16-21(27)28)17-8-10-18(30-4)11-9-17/h5-7,17-18H,8-16,25H2,1-4H3. The molecule has 172 valence electrons. The van der Waals surface area contributed by atoms with Gasteiger partial charge in [-0.15, -0.1) is 0 Å². The van der Waals surface area contributed by atoms with E-state index in [9.17, 15) is 9.59 Å². The van der Waals surface area contributed by atoms with Crippen molar-refractivity contribution in [2.75, 3.05) is 37.4 Å². The van der Waals surface area contributed by atoms with Crippen molar-refractivity contribution in [2.45, 2.75) is 71.4 Å². The number of amides is 1. The molecule has 0 bridgehead atoms. The number of carbonyl (C=O) groups is 2. The molecule has 0 unspecified atom stereocenters. The molecule has 7 heteroatoms. The van der Waals surface area contributed by atoms with Crippen LogP contribution < -0.4 is 15.4 Å². The molecule has 0 aromatic heterocycles. The van der Waals surface area contributed by atoms with E-state index in [0.29, 0.717) is 48.8 Å². The maximum Gasteiger partial charge on any atom is 0.311 e. The molecule has 1 aliphatic heterocycles. The molecule has 1 saturated carbocycles. The first-order chi connectivity index (χ1) is 14.7. The van der Waals surface area contributed by atoms with E-state index in [1.807, 2.05) is 0 Å². The number of esters is 1. The zero-order chi connectivity index (χ0) is 22.6. The van der Waals surface area contributed by atoms with Crippen LogP contribution in [0, 0.1) is 5.41 Å². The fourth-order valence-electron chi connectivity index (χ4n) is 4.41. The minimum atomic E-state index is -0.324. The van der Waals surface area contributed by atoms with Gasteiger partial charge in [-0.25, -0.2) is 0 Å². The Bertz CT molecular complexity index is 782. The third-order valence-corrected chi connectivity index (χ3v) is 6.35. The van der Waals surface area contributed by atoms with Crippen LogP contribution in [0.3, 0.4) is 0 Å². The van der Waals surface area contributed by atoms with Crippen molar-refractivity contribution >= 4 is 23.3 Å². The number of nitrogen functional groups attached to an aromatic ring is 1. The molecule has 0 spiro atoms. The molecule has 0 atom stereocenters. The normalized spacial score (nSPS) is 23.1. The van der Waals surface area contributed by atoms with Gasteiger partial charge in [-0.3, -0.25) is 14.5 Å². The number of para-hydroxylation sites is 1. The first-order valence-electron chi connectivity index (χ1n) is 11.3. The molecule has 2 fully saturated rings. The van der Waals surface area contributed by atoms with Gasteiger partial charge >= 0.3 is 5.97 Å². The van der Waals surface area contributed by atoms with Crippen molar-refractivity contribution in [1.29, 1.82) is 0 Å². The Kier molecular flexibility index (Phi) is 7.59. The SMILES string of the molecule is COC1CCC(N2CCN(c3cccc(N)c3OC(=O)CCC(C)(C)C)C(=O)C2)CC1. The lowest BCUT2D eigenvalue weighted by atomic mass is 9.91. The van der Waals surface area contributed by atoms with Crippen LogP contribution in [-0.4, -0.2) is 55.7 Å². The first kappa shape index (κ1) is 23.5. The van der Waals surface area contributed by atoms with Crippen molar-refractivity contribution in [3.8, 4) is 5.75 Å². The van der Waals surface area contributed by atoms with Gasteiger partial charge in [0.1, 0.15) is 0 Å². The Labute approximate surface area is 185 Å². The monoisotopic (exact) mass is 431 g/mol. The summed E-state index contributed by atoms with van der Waals surface area (Å²) in [5.74, 6) is -0.0171. The van der Waals surface area contributed by atoms with Crippen LogP contribution in [0.4, 0.5) is 11.4 Å². The summed E-state index contributed by atoms with van der Waals surface area (Å²) in [4.78, 5) is 29.5. The Morgan fingerprint density at radius 1 is 1.16 bits per heavy atom. The van der Waals surface area contributed by atoms with Gasteiger partial charge in [-0.05, 0) is 49.7 Å². The molecule has 2 N–H and O–H groups in total. The summed E-state index contributed by atoms with van der Waals surface area (Å²) in [7, 11) is 1.77. The minimum absolute atomic E-state index is 0.0118. The fraction of sp³-hybridized carbons (Fsp3) is 0.667. The summed E-state index contributed by atoms with van der Waals surface area (Å²) in [6.07, 6.45) is 5.57. The van der Waals surface area contributed by atoms with Crippen molar-refractivity contribution < 1.29 is 19.1 Å². The lowest BCUT2D eigenvalue weighted by Gasteiger charge is -2.41. The maximum absolute atomic E-state index is 13.1. The molecular weight excluding hydrogens is 394 g/mol. The molecule has 1 aromatic carbocycles. The Morgan fingerprint density at radius 2 is 1.87 bits per heavy atom. The van der Waals surface area contributed by atoms with E-state index in [1.165, 1.54) is 0 Å². The topological polar surface area (TPSA) is 85.1 Å². The van der Waals surface area contributed by atoms with Gasteiger partial charge in [0.05, 0.1) is 24.0 Å². The highest BCUT2D eigenvalue weighted by Crippen LogP contribution is 2.36. The number of carbonyl (C=O) groups excluding carboxylic acids is 2. The van der Waals surface area contributed by atoms with Gasteiger partial charge in [0.25, 0.3) is 0 Å². The summed E-state index contributed by atoms with van der Waals surface area (Å²) in [6.45, 7) is 7.97. The fourth-order valence-corrected chi connectivity index (χ4v) is 4.41. The number of nitrogens with two attached hydrogens (primary N) is 1. The molecule has 0 radical (unpaired) electrons. The second-order valence-electron chi connectivity index (χ2n) is 9.91. The second kappa shape index (κ2) is 10.0. The van der Waals surface area contributed by atoms with Crippen LogP contribution in [0.5, 0.6) is 5.75 Å². The highest BCUT2D eigenvalue weighted by Gasteiger charge is 2.33. The third-order valence-electron chi connectivity index (χ3n) is 6.35. The quantitative estimate of drug-likeness (QED) is 0.421. The zero-order valence-electron chi connectivity index (χ0n) is 19.4. The number of hydrogen-bond acceptors (Lipinski definition) is 6. The highest BCUT2D eigenvalue weighted by molar-refractivity contribution is 5.98. The van der Waals surface area contributed by atoms with Crippen molar-refractivity contribution in [3.63, 3.8) is 0 Å². The lowest BCUT2D eigenvalue weighted by molar-refractivity contribution is -0.135. The number of hydrogen-bond donors (Lipinski definition) is 1. The summed E-state index contributed by atoms with van der Waals surface area (Å²) in [5, 5.41) is 0. The average Bonchev–Trinajstić information content (AvgIpc) is 2.73. The number of benzene rings is 1. The number of nitrogens with zero attached hydrogens (tertiary/aromatic N) is 2. The number of methoxy groups -OCH3 is 1. The molecular formula is C24H37N3O4. The molecule has 7 nitrogen and oxygen atoms in total. The summed E-state index contributed by atoms with van der Waals surface area (Å²) in [5.41, 5.74) is 7.13. The van der Waals surface area contributed by atoms with Crippen LogP contribution in [-0.2, 0) is 14.3 Å². The van der Waals surface area contributed by atoms with Crippen LogP contribution in [0.15, 0.2) is 18.2 Å². The van der Waals surface area contributed by atoms with E-state index < -0.39 is 0 Å². The number of ether oxygens (including phenoxy) is 2. The van der Waals surface area contributed by atoms with Gasteiger partial charge < -0.3 is 20.1 Å². The Balaban J connectivity index is 1.66. The lowest BCUT2D eigenvalue weighted by Crippen LogP contribution is -2.54. The van der Waals surface area contributed by atoms with Gasteiger partial charge in [-0.2, -0.15) is 0 Å². The average molecular weight is 432 g/mol. The van der Waals surface area contributed by atoms with E-state index >= 15 is 0 Å². The Morgan fingerprint density at radius 3 is 2.48 bits per heavy atom. The van der Waals surface area contributed by atoms with Crippen molar-refractivity contribution in [3.05, 3.63) is 18.2 Å². The number of piperazine rings is 1. The molecule has 3 rings (SSSR count). The molecule has 1 heterocycles. The van der Waals surface area contributed by atoms with Crippen molar-refractivity contribution in [1.82, 2.24) is 4.90 Å². The van der Waals surface area contributed by atoms with Gasteiger partial charge in [0.15, 0.2) is 5.75 Å².